The van der Waals surface area contributed by atoms with Crippen LogP contribution in [0.1, 0.15) is 23.2 Å². The first kappa shape index (κ1) is 10.7. The van der Waals surface area contributed by atoms with Crippen molar-refractivity contribution < 1.29 is 9.90 Å². The molecule has 0 aromatic carbocycles. The van der Waals surface area contributed by atoms with Gasteiger partial charge >= 0.3 is 0 Å². The van der Waals surface area contributed by atoms with Gasteiger partial charge in [-0.1, -0.05) is 6.08 Å². The summed E-state index contributed by atoms with van der Waals surface area (Å²) in [6.45, 7) is 4.19. The van der Waals surface area contributed by atoms with Crippen molar-refractivity contribution in [1.82, 2.24) is 9.88 Å². The molecule has 0 spiro atoms. The highest BCUT2D eigenvalue weighted by atomic mass is 16.3. The number of aromatic nitrogens is 1. The highest BCUT2D eigenvalue weighted by Crippen LogP contribution is 2.28. The number of hydrogen-bond donors (Lipinski definition) is 1. The molecule has 1 heterocycles. The number of rotatable bonds is 4. The van der Waals surface area contributed by atoms with E-state index in [9.17, 15) is 9.90 Å². The van der Waals surface area contributed by atoms with Gasteiger partial charge in [0.25, 0.3) is 5.91 Å². The van der Waals surface area contributed by atoms with Gasteiger partial charge in [0.2, 0.25) is 0 Å². The third-order valence-corrected chi connectivity index (χ3v) is 2.55. The summed E-state index contributed by atoms with van der Waals surface area (Å²) < 4.78 is 0. The van der Waals surface area contributed by atoms with E-state index in [4.69, 9.17) is 0 Å². The minimum Gasteiger partial charge on any atom is -0.506 e. The lowest BCUT2D eigenvalue weighted by Gasteiger charge is -2.20. The van der Waals surface area contributed by atoms with Gasteiger partial charge in [-0.15, -0.1) is 6.58 Å². The van der Waals surface area contributed by atoms with Crippen LogP contribution in [0, 0.1) is 0 Å². The topological polar surface area (TPSA) is 53.4 Å². The van der Waals surface area contributed by atoms with Gasteiger partial charge in [0.15, 0.2) is 0 Å². The fraction of sp³-hybridized carbons (Fsp3) is 0.333. The van der Waals surface area contributed by atoms with E-state index in [2.05, 4.69) is 11.6 Å². The first-order valence-corrected chi connectivity index (χ1v) is 5.28. The van der Waals surface area contributed by atoms with Crippen molar-refractivity contribution in [2.45, 2.75) is 18.9 Å². The Labute approximate surface area is 94.2 Å². The monoisotopic (exact) mass is 218 g/mol. The van der Waals surface area contributed by atoms with E-state index in [0.29, 0.717) is 18.2 Å². The summed E-state index contributed by atoms with van der Waals surface area (Å²) >= 11 is 0. The molecule has 4 heteroatoms. The summed E-state index contributed by atoms with van der Waals surface area (Å²) in [5.41, 5.74) is 0.425. The van der Waals surface area contributed by atoms with E-state index < -0.39 is 0 Å². The largest absolute Gasteiger partial charge is 0.506 e. The molecular weight excluding hydrogens is 204 g/mol. The zero-order valence-corrected chi connectivity index (χ0v) is 8.97. The lowest BCUT2D eigenvalue weighted by atomic mass is 10.2. The van der Waals surface area contributed by atoms with Crippen molar-refractivity contribution in [3.63, 3.8) is 0 Å². The molecule has 84 valence electrons. The molecule has 0 unspecified atom stereocenters. The van der Waals surface area contributed by atoms with E-state index in [1.165, 1.54) is 18.5 Å². The van der Waals surface area contributed by atoms with Crippen molar-refractivity contribution in [1.29, 1.82) is 0 Å². The number of aromatic hydroxyl groups is 1. The molecule has 1 aliphatic carbocycles. The van der Waals surface area contributed by atoms with E-state index in [0.717, 1.165) is 12.8 Å². The average molecular weight is 218 g/mol. The molecule has 16 heavy (non-hydrogen) atoms. The number of amides is 1. The summed E-state index contributed by atoms with van der Waals surface area (Å²) in [6, 6.07) is 1.77. The molecule has 1 amide bonds. The third kappa shape index (κ3) is 2.21. The maximum atomic E-state index is 12.1. The Balaban J connectivity index is 2.18. The lowest BCUT2D eigenvalue weighted by molar-refractivity contribution is 0.0762. The molecule has 0 radical (unpaired) electrons. The molecule has 1 N–H and O–H groups in total. The second-order valence-corrected chi connectivity index (χ2v) is 3.91. The van der Waals surface area contributed by atoms with Crippen molar-refractivity contribution in [2.75, 3.05) is 6.54 Å². The normalized spacial score (nSPS) is 14.5. The molecule has 0 bridgehead atoms. The molecule has 1 fully saturated rings. The van der Waals surface area contributed by atoms with Gasteiger partial charge in [-0.25, -0.2) is 0 Å². The van der Waals surface area contributed by atoms with Gasteiger partial charge in [0.05, 0.1) is 11.8 Å². The number of hydrogen-bond acceptors (Lipinski definition) is 3. The fourth-order valence-electron chi connectivity index (χ4n) is 1.63. The third-order valence-electron chi connectivity index (χ3n) is 2.55. The summed E-state index contributed by atoms with van der Waals surface area (Å²) in [7, 11) is 0. The summed E-state index contributed by atoms with van der Waals surface area (Å²) in [5, 5.41) is 9.27. The zero-order chi connectivity index (χ0) is 11.5. The molecule has 2 rings (SSSR count). The van der Waals surface area contributed by atoms with E-state index in [1.807, 2.05) is 0 Å². The zero-order valence-electron chi connectivity index (χ0n) is 8.97. The van der Waals surface area contributed by atoms with Gasteiger partial charge in [0.1, 0.15) is 5.75 Å². The summed E-state index contributed by atoms with van der Waals surface area (Å²) in [5.74, 6) is -0.0778. The van der Waals surface area contributed by atoms with Gasteiger partial charge in [-0.3, -0.25) is 9.78 Å². The van der Waals surface area contributed by atoms with Crippen molar-refractivity contribution >= 4 is 5.91 Å². The number of carbonyl (C=O) groups is 1. The molecule has 4 nitrogen and oxygen atoms in total. The Morgan fingerprint density at radius 2 is 2.38 bits per heavy atom. The molecular formula is C12H14N2O2. The predicted molar refractivity (Wildman–Crippen MR) is 60.2 cm³/mol. The SMILES string of the molecule is C=CCN(C(=O)c1cncc(O)c1)C1CC1. The van der Waals surface area contributed by atoms with Crippen molar-refractivity contribution in [2.24, 2.45) is 0 Å². The van der Waals surface area contributed by atoms with Crippen LogP contribution in [0.2, 0.25) is 0 Å². The first-order chi connectivity index (χ1) is 7.72. The summed E-state index contributed by atoms with van der Waals surface area (Å²) in [6.07, 6.45) is 6.59. The van der Waals surface area contributed by atoms with Gasteiger partial charge in [-0.2, -0.15) is 0 Å². The maximum Gasteiger partial charge on any atom is 0.256 e. The molecule has 1 aromatic rings. The molecule has 0 saturated heterocycles. The minimum absolute atomic E-state index is 0.0141. The van der Waals surface area contributed by atoms with E-state index in [-0.39, 0.29) is 11.7 Å². The van der Waals surface area contributed by atoms with Crippen LogP contribution < -0.4 is 0 Å². The number of carbonyl (C=O) groups excluding carboxylic acids is 1. The van der Waals surface area contributed by atoms with E-state index in [1.54, 1.807) is 11.0 Å². The Hall–Kier alpha value is -1.84. The molecule has 0 aliphatic heterocycles. The Morgan fingerprint density at radius 1 is 1.62 bits per heavy atom. The smallest absolute Gasteiger partial charge is 0.256 e. The number of pyridine rings is 1. The van der Waals surface area contributed by atoms with Crippen LogP contribution in [0.4, 0.5) is 0 Å². The highest BCUT2D eigenvalue weighted by molar-refractivity contribution is 5.94. The number of nitrogens with zero attached hydrogens (tertiary/aromatic N) is 2. The molecule has 1 aromatic heterocycles. The Morgan fingerprint density at radius 3 is 2.94 bits per heavy atom. The fourth-order valence-corrected chi connectivity index (χ4v) is 1.63. The van der Waals surface area contributed by atoms with Crippen LogP contribution in [-0.4, -0.2) is 33.5 Å². The van der Waals surface area contributed by atoms with Gasteiger partial charge in [-0.05, 0) is 18.9 Å². The second kappa shape index (κ2) is 4.35. The summed E-state index contributed by atoms with van der Waals surface area (Å²) in [4.78, 5) is 17.7. The average Bonchev–Trinajstić information content (AvgIpc) is 3.09. The van der Waals surface area contributed by atoms with E-state index >= 15 is 0 Å². The standard InChI is InChI=1S/C12H14N2O2/c1-2-5-14(10-3-4-10)12(16)9-6-11(15)8-13-7-9/h2,6-8,10,15H,1,3-5H2. The van der Waals surface area contributed by atoms with Crippen LogP contribution in [0.3, 0.4) is 0 Å². The molecule has 1 saturated carbocycles. The van der Waals surface area contributed by atoms with Crippen LogP contribution in [0.25, 0.3) is 0 Å². The Kier molecular flexibility index (Phi) is 2.90. The maximum absolute atomic E-state index is 12.1. The second-order valence-electron chi connectivity index (χ2n) is 3.91. The molecule has 1 aliphatic rings. The minimum atomic E-state index is -0.0919. The van der Waals surface area contributed by atoms with Crippen molar-refractivity contribution in [3.05, 3.63) is 36.7 Å². The van der Waals surface area contributed by atoms with Crippen molar-refractivity contribution in [3.8, 4) is 5.75 Å². The van der Waals surface area contributed by atoms with Crippen LogP contribution in [-0.2, 0) is 0 Å². The van der Waals surface area contributed by atoms with Crippen LogP contribution >= 0.6 is 0 Å². The first-order valence-electron chi connectivity index (χ1n) is 5.28. The molecule has 0 atom stereocenters. The predicted octanol–water partition coefficient (Wildman–Crippen LogP) is 1.58. The van der Waals surface area contributed by atoms with Crippen LogP contribution in [0.5, 0.6) is 5.75 Å². The van der Waals surface area contributed by atoms with Crippen LogP contribution in [0.15, 0.2) is 31.1 Å². The quantitative estimate of drug-likeness (QED) is 0.780. The highest BCUT2D eigenvalue weighted by Gasteiger charge is 2.32. The van der Waals surface area contributed by atoms with Gasteiger partial charge in [0, 0.05) is 18.8 Å². The Bertz CT molecular complexity index is 413. The van der Waals surface area contributed by atoms with Gasteiger partial charge < -0.3 is 10.0 Å². The lowest BCUT2D eigenvalue weighted by Crippen LogP contribution is -2.33.